The predicted molar refractivity (Wildman–Crippen MR) is 113 cm³/mol. The molecule has 1 aliphatic rings. The van der Waals surface area contributed by atoms with Crippen LogP contribution in [-0.4, -0.2) is 43.0 Å². The van der Waals surface area contributed by atoms with Crippen molar-refractivity contribution in [1.82, 2.24) is 0 Å². The lowest BCUT2D eigenvalue weighted by atomic mass is 10.0. The summed E-state index contributed by atoms with van der Waals surface area (Å²) in [5.41, 5.74) is 0.456. The van der Waals surface area contributed by atoms with Gasteiger partial charge >= 0.3 is 5.97 Å². The van der Waals surface area contributed by atoms with Crippen LogP contribution in [0.15, 0.2) is 41.3 Å². The Morgan fingerprint density at radius 3 is 2.37 bits per heavy atom. The molecule has 9 heteroatoms. The Balaban J connectivity index is 1.99. The molecule has 0 radical (unpaired) electrons. The molecule has 0 saturated carbocycles. The van der Waals surface area contributed by atoms with E-state index in [1.54, 1.807) is 24.3 Å². The first-order valence-electron chi connectivity index (χ1n) is 8.90. The van der Waals surface area contributed by atoms with Crippen LogP contribution >= 0.6 is 11.8 Å². The summed E-state index contributed by atoms with van der Waals surface area (Å²) in [5.74, 6) is -0.887. The van der Waals surface area contributed by atoms with Gasteiger partial charge in [-0.15, -0.1) is 0 Å². The summed E-state index contributed by atoms with van der Waals surface area (Å²) in [6.07, 6.45) is 1.37. The number of carboxylic acid groups (broad SMARTS) is 1. The average molecular weight is 429 g/mol. The second kappa shape index (κ2) is 8.91. The van der Waals surface area contributed by atoms with Crippen molar-refractivity contribution in [1.29, 1.82) is 0 Å². The normalized spacial score (nSPS) is 14.9. The fourth-order valence-corrected chi connectivity index (χ4v) is 3.80. The molecular formula is C21H19NO7S. The SMILES string of the molecule is CCOc1ccc(N2C(=O)S/C(=C/c3ccc(OC)c(OC)c3C(=O)O)C2=O)cc1. The summed E-state index contributed by atoms with van der Waals surface area (Å²) in [5, 5.41) is 9.16. The zero-order valence-corrected chi connectivity index (χ0v) is 17.3. The Bertz CT molecular complexity index is 1030. The number of hydrogen-bond acceptors (Lipinski definition) is 7. The van der Waals surface area contributed by atoms with Crippen LogP contribution in [0.25, 0.3) is 6.08 Å². The highest BCUT2D eigenvalue weighted by atomic mass is 32.2. The maximum absolute atomic E-state index is 12.9. The van der Waals surface area contributed by atoms with Crippen molar-refractivity contribution in [3.05, 3.63) is 52.4 Å². The highest BCUT2D eigenvalue weighted by molar-refractivity contribution is 8.19. The molecule has 0 unspecified atom stereocenters. The molecule has 8 nitrogen and oxygen atoms in total. The molecular weight excluding hydrogens is 410 g/mol. The van der Waals surface area contributed by atoms with E-state index in [0.717, 1.165) is 16.7 Å². The van der Waals surface area contributed by atoms with E-state index >= 15 is 0 Å². The number of rotatable bonds is 7. The second-order valence-electron chi connectivity index (χ2n) is 6.01. The van der Waals surface area contributed by atoms with Crippen molar-refractivity contribution in [3.63, 3.8) is 0 Å². The number of imide groups is 1. The van der Waals surface area contributed by atoms with Gasteiger partial charge in [-0.2, -0.15) is 0 Å². The standard InChI is InChI=1S/C21H19NO7S/c1-4-29-14-8-6-13(7-9-14)22-19(23)16(30-21(22)26)11-12-5-10-15(27-2)18(28-3)17(12)20(24)25/h5-11H,4H2,1-3H3,(H,24,25)/b16-11+. The lowest BCUT2D eigenvalue weighted by Gasteiger charge is -2.14. The van der Waals surface area contributed by atoms with E-state index in [1.165, 1.54) is 32.4 Å². The molecule has 2 amide bonds. The molecule has 2 aromatic rings. The predicted octanol–water partition coefficient (Wildman–Crippen LogP) is 4.04. The van der Waals surface area contributed by atoms with Crippen LogP contribution in [0, 0.1) is 0 Å². The summed E-state index contributed by atoms with van der Waals surface area (Å²) in [6.45, 7) is 2.36. The van der Waals surface area contributed by atoms with E-state index in [4.69, 9.17) is 14.2 Å². The van der Waals surface area contributed by atoms with Crippen LogP contribution < -0.4 is 19.1 Å². The van der Waals surface area contributed by atoms with Crippen LogP contribution in [-0.2, 0) is 4.79 Å². The minimum absolute atomic E-state index is 0.0319. The van der Waals surface area contributed by atoms with Crippen molar-refractivity contribution in [2.75, 3.05) is 25.7 Å². The lowest BCUT2D eigenvalue weighted by molar-refractivity contribution is -0.113. The summed E-state index contributed by atoms with van der Waals surface area (Å²) in [7, 11) is 2.72. The third-order valence-electron chi connectivity index (χ3n) is 4.28. The number of anilines is 1. The first-order valence-corrected chi connectivity index (χ1v) is 9.72. The minimum Gasteiger partial charge on any atom is -0.494 e. The van der Waals surface area contributed by atoms with E-state index in [0.29, 0.717) is 18.0 Å². The molecule has 1 N–H and O–H groups in total. The van der Waals surface area contributed by atoms with Gasteiger partial charge in [0.25, 0.3) is 11.1 Å². The van der Waals surface area contributed by atoms with Gasteiger partial charge in [0.15, 0.2) is 11.5 Å². The molecule has 1 fully saturated rings. The minimum atomic E-state index is -1.25. The van der Waals surface area contributed by atoms with E-state index in [2.05, 4.69) is 0 Å². The number of thioether (sulfide) groups is 1. The first kappa shape index (κ1) is 21.3. The Hall–Kier alpha value is -3.46. The number of amides is 2. The largest absolute Gasteiger partial charge is 0.494 e. The summed E-state index contributed by atoms with van der Waals surface area (Å²) in [6, 6.07) is 9.60. The summed E-state index contributed by atoms with van der Waals surface area (Å²) < 4.78 is 15.7. The number of ether oxygens (including phenoxy) is 3. The molecule has 1 saturated heterocycles. The third kappa shape index (κ3) is 3.97. The topological polar surface area (TPSA) is 102 Å². The van der Waals surface area contributed by atoms with E-state index < -0.39 is 17.1 Å². The molecule has 0 bridgehead atoms. The average Bonchev–Trinajstić information content (AvgIpc) is 3.01. The van der Waals surface area contributed by atoms with Crippen LogP contribution in [0.3, 0.4) is 0 Å². The number of carboxylic acids is 1. The van der Waals surface area contributed by atoms with Crippen LogP contribution in [0.5, 0.6) is 17.2 Å². The smallest absolute Gasteiger partial charge is 0.340 e. The molecule has 156 valence electrons. The van der Waals surface area contributed by atoms with Crippen molar-refractivity contribution in [2.24, 2.45) is 0 Å². The van der Waals surface area contributed by atoms with Crippen LogP contribution in [0.1, 0.15) is 22.8 Å². The number of benzene rings is 2. The first-order chi connectivity index (χ1) is 14.4. The highest BCUT2D eigenvalue weighted by Gasteiger charge is 2.36. The zero-order valence-electron chi connectivity index (χ0n) is 16.5. The van der Waals surface area contributed by atoms with Gasteiger partial charge in [0.05, 0.1) is 31.4 Å². The summed E-state index contributed by atoms with van der Waals surface area (Å²) >= 11 is 0.732. The molecule has 1 heterocycles. The molecule has 2 aromatic carbocycles. The fraction of sp³-hybridized carbons (Fsp3) is 0.190. The van der Waals surface area contributed by atoms with E-state index in [1.807, 2.05) is 6.92 Å². The Kier molecular flexibility index (Phi) is 6.31. The third-order valence-corrected chi connectivity index (χ3v) is 5.15. The van der Waals surface area contributed by atoms with Crippen LogP contribution in [0.4, 0.5) is 10.5 Å². The van der Waals surface area contributed by atoms with Gasteiger partial charge in [0.1, 0.15) is 11.3 Å². The molecule has 0 aliphatic carbocycles. The van der Waals surface area contributed by atoms with E-state index in [-0.39, 0.29) is 27.5 Å². The molecule has 1 aliphatic heterocycles. The zero-order chi connectivity index (χ0) is 21.8. The van der Waals surface area contributed by atoms with Crippen molar-refractivity contribution < 1.29 is 33.7 Å². The summed E-state index contributed by atoms with van der Waals surface area (Å²) in [4.78, 5) is 38.3. The van der Waals surface area contributed by atoms with Gasteiger partial charge in [-0.25, -0.2) is 9.69 Å². The van der Waals surface area contributed by atoms with E-state index in [9.17, 15) is 19.5 Å². The Labute approximate surface area is 177 Å². The highest BCUT2D eigenvalue weighted by Crippen LogP contribution is 2.39. The number of hydrogen-bond donors (Lipinski definition) is 1. The molecule has 0 aromatic heterocycles. The number of aromatic carboxylic acids is 1. The van der Waals surface area contributed by atoms with Gasteiger partial charge in [0.2, 0.25) is 0 Å². The second-order valence-corrected chi connectivity index (χ2v) is 7.01. The number of carbonyl (C=O) groups excluding carboxylic acids is 2. The van der Waals surface area contributed by atoms with Gasteiger partial charge < -0.3 is 19.3 Å². The van der Waals surface area contributed by atoms with Crippen LogP contribution in [0.2, 0.25) is 0 Å². The molecule has 30 heavy (non-hydrogen) atoms. The number of methoxy groups -OCH3 is 2. The molecule has 0 atom stereocenters. The number of nitrogens with zero attached hydrogens (tertiary/aromatic N) is 1. The molecule has 0 spiro atoms. The monoisotopic (exact) mass is 429 g/mol. The van der Waals surface area contributed by atoms with Crippen molar-refractivity contribution in [2.45, 2.75) is 6.92 Å². The van der Waals surface area contributed by atoms with Gasteiger partial charge in [-0.1, -0.05) is 6.07 Å². The fourth-order valence-electron chi connectivity index (χ4n) is 2.97. The van der Waals surface area contributed by atoms with Gasteiger partial charge in [0, 0.05) is 0 Å². The van der Waals surface area contributed by atoms with Crippen molar-refractivity contribution in [3.8, 4) is 17.2 Å². The molecule has 3 rings (SSSR count). The maximum atomic E-state index is 12.9. The lowest BCUT2D eigenvalue weighted by Crippen LogP contribution is -2.27. The van der Waals surface area contributed by atoms with Gasteiger partial charge in [-0.3, -0.25) is 9.59 Å². The van der Waals surface area contributed by atoms with Crippen molar-refractivity contribution >= 4 is 40.6 Å². The van der Waals surface area contributed by atoms with Gasteiger partial charge in [-0.05, 0) is 60.7 Å². The Morgan fingerprint density at radius 1 is 1.10 bits per heavy atom. The maximum Gasteiger partial charge on any atom is 0.340 e. The Morgan fingerprint density at radius 2 is 1.80 bits per heavy atom. The number of carbonyl (C=O) groups is 3. The quantitative estimate of drug-likeness (QED) is 0.658.